The lowest BCUT2D eigenvalue weighted by molar-refractivity contribution is -0.117. The second-order valence-electron chi connectivity index (χ2n) is 10.2. The zero-order valence-electron chi connectivity index (χ0n) is 23.5. The van der Waals surface area contributed by atoms with Crippen LogP contribution in [0.2, 0.25) is 0 Å². The second kappa shape index (κ2) is 12.0. The fraction of sp³-hybridized carbons (Fsp3) is 0.258. The van der Waals surface area contributed by atoms with Crippen LogP contribution in [-0.4, -0.2) is 51.6 Å². The number of aromatic amines is 1. The van der Waals surface area contributed by atoms with Gasteiger partial charge in [-0.15, -0.1) is 11.3 Å². The van der Waals surface area contributed by atoms with Crippen LogP contribution < -0.4 is 10.1 Å². The number of amides is 1. The maximum absolute atomic E-state index is 15.8. The summed E-state index contributed by atoms with van der Waals surface area (Å²) < 4.78 is 42.0. The Morgan fingerprint density at radius 1 is 1.21 bits per heavy atom. The SMILES string of the molecule is C=CC(=O)N[C@H](C)c1cc(-c2nc(-c3cnnc(C4CC4)c3)c3ccsc3c2-c2c(F)cc(F)cc2OCCOC)n[nH]1. The molecule has 12 heteroatoms. The third-order valence-electron chi connectivity index (χ3n) is 7.22. The van der Waals surface area contributed by atoms with Gasteiger partial charge in [0.15, 0.2) is 0 Å². The number of H-pyrrole nitrogens is 1. The summed E-state index contributed by atoms with van der Waals surface area (Å²) in [7, 11) is 1.52. The predicted octanol–water partition coefficient (Wildman–Crippen LogP) is 6.35. The Morgan fingerprint density at radius 2 is 2.05 bits per heavy atom. The highest BCUT2D eigenvalue weighted by Crippen LogP contribution is 2.47. The molecule has 5 aromatic rings. The zero-order valence-corrected chi connectivity index (χ0v) is 24.3. The fourth-order valence-electron chi connectivity index (χ4n) is 4.92. The van der Waals surface area contributed by atoms with Crippen LogP contribution in [0.25, 0.3) is 43.9 Å². The van der Waals surface area contributed by atoms with Crippen LogP contribution in [0.3, 0.4) is 0 Å². The van der Waals surface area contributed by atoms with Crippen molar-refractivity contribution in [1.29, 1.82) is 0 Å². The lowest BCUT2D eigenvalue weighted by Crippen LogP contribution is -2.24. The van der Waals surface area contributed by atoms with E-state index in [1.807, 2.05) is 17.5 Å². The molecule has 0 bridgehead atoms. The Morgan fingerprint density at radius 3 is 2.81 bits per heavy atom. The Bertz CT molecular complexity index is 1830. The number of benzene rings is 1. The Labute approximate surface area is 250 Å². The highest BCUT2D eigenvalue weighted by Gasteiger charge is 2.29. The van der Waals surface area contributed by atoms with Crippen molar-refractivity contribution in [3.8, 4) is 39.5 Å². The maximum Gasteiger partial charge on any atom is 0.243 e. The molecule has 1 atom stereocenters. The van der Waals surface area contributed by atoms with E-state index in [1.165, 1.54) is 24.5 Å². The van der Waals surface area contributed by atoms with Crippen molar-refractivity contribution in [1.82, 2.24) is 30.7 Å². The number of carbonyl (C=O) groups is 1. The molecule has 4 heterocycles. The number of carbonyl (C=O) groups excluding carboxylic acids is 1. The molecule has 4 aromatic heterocycles. The summed E-state index contributed by atoms with van der Waals surface area (Å²) in [5.74, 6) is -1.52. The van der Waals surface area contributed by atoms with Crippen LogP contribution in [-0.2, 0) is 9.53 Å². The monoisotopic (exact) mass is 602 g/mol. The van der Waals surface area contributed by atoms with Crippen molar-refractivity contribution < 1.29 is 23.0 Å². The largest absolute Gasteiger partial charge is 0.490 e. The first-order valence-electron chi connectivity index (χ1n) is 13.7. The highest BCUT2D eigenvalue weighted by molar-refractivity contribution is 7.18. The van der Waals surface area contributed by atoms with Crippen LogP contribution in [0.4, 0.5) is 8.78 Å². The molecular formula is C31H28F2N6O3S. The third kappa shape index (κ3) is 5.75. The van der Waals surface area contributed by atoms with Gasteiger partial charge in [0, 0.05) is 46.4 Å². The number of pyridine rings is 1. The van der Waals surface area contributed by atoms with Crippen molar-refractivity contribution in [3.05, 3.63) is 77.6 Å². The quantitative estimate of drug-likeness (QED) is 0.134. The van der Waals surface area contributed by atoms with Crippen molar-refractivity contribution >= 4 is 27.3 Å². The zero-order chi connectivity index (χ0) is 30.1. The molecule has 1 aromatic carbocycles. The summed E-state index contributed by atoms with van der Waals surface area (Å²) in [6.45, 7) is 5.61. The number of rotatable bonds is 11. The van der Waals surface area contributed by atoms with Crippen LogP contribution in [0.1, 0.15) is 43.1 Å². The number of halogens is 2. The second-order valence-corrected chi connectivity index (χ2v) is 11.2. The molecule has 1 fully saturated rings. The molecule has 6 rings (SSSR count). The van der Waals surface area contributed by atoms with Gasteiger partial charge in [-0.25, -0.2) is 13.8 Å². The molecule has 1 amide bonds. The Kier molecular flexibility index (Phi) is 7.96. The summed E-state index contributed by atoms with van der Waals surface area (Å²) in [5.41, 5.74) is 4.12. The Hall–Kier alpha value is -4.55. The molecule has 0 saturated heterocycles. The molecule has 0 radical (unpaired) electrons. The van der Waals surface area contributed by atoms with E-state index >= 15 is 4.39 Å². The number of aromatic nitrogens is 5. The molecule has 9 nitrogen and oxygen atoms in total. The van der Waals surface area contributed by atoms with Crippen molar-refractivity contribution in [2.24, 2.45) is 0 Å². The minimum atomic E-state index is -0.804. The summed E-state index contributed by atoms with van der Waals surface area (Å²) >= 11 is 1.40. The molecule has 0 aliphatic heterocycles. The molecule has 220 valence electrons. The van der Waals surface area contributed by atoms with Gasteiger partial charge in [-0.2, -0.15) is 15.3 Å². The first-order chi connectivity index (χ1) is 20.9. The standard InChI is InChI=1S/C31H28F2N6O3S/c1-4-26(40)35-16(2)22-14-24(39-38-22)30-28(27-21(33)12-19(32)13-25(27)42-9-8-41-3)31-20(7-10-43-31)29(36-30)18-11-23(17-5-6-17)37-34-15-18/h4,7,10-17H,1,5-6,8-9H2,2-3H3,(H,35,40)(H,38,39)/t16-/m1/s1. The predicted molar refractivity (Wildman–Crippen MR) is 160 cm³/mol. The van der Waals surface area contributed by atoms with Crippen LogP contribution in [0, 0.1) is 11.6 Å². The van der Waals surface area contributed by atoms with E-state index in [0.29, 0.717) is 39.0 Å². The van der Waals surface area contributed by atoms with Crippen LogP contribution in [0.15, 0.2) is 54.6 Å². The van der Waals surface area contributed by atoms with E-state index < -0.39 is 17.7 Å². The average molecular weight is 603 g/mol. The fourth-order valence-corrected chi connectivity index (χ4v) is 5.87. The maximum atomic E-state index is 15.8. The van der Waals surface area contributed by atoms with Gasteiger partial charge >= 0.3 is 0 Å². The molecule has 0 unspecified atom stereocenters. The van der Waals surface area contributed by atoms with Gasteiger partial charge in [0.1, 0.15) is 35.4 Å². The van der Waals surface area contributed by atoms with E-state index in [9.17, 15) is 9.18 Å². The van der Waals surface area contributed by atoms with E-state index in [1.54, 1.807) is 19.2 Å². The van der Waals surface area contributed by atoms with Gasteiger partial charge in [-0.05, 0) is 49.4 Å². The van der Waals surface area contributed by atoms with Gasteiger partial charge < -0.3 is 14.8 Å². The van der Waals surface area contributed by atoms with E-state index in [-0.39, 0.29) is 30.4 Å². The molecule has 1 aliphatic carbocycles. The van der Waals surface area contributed by atoms with Crippen LogP contribution >= 0.6 is 11.3 Å². The average Bonchev–Trinajstić information content (AvgIpc) is 3.52. The minimum Gasteiger partial charge on any atom is -0.490 e. The highest BCUT2D eigenvalue weighted by atomic mass is 32.1. The van der Waals surface area contributed by atoms with E-state index in [0.717, 1.165) is 41.6 Å². The van der Waals surface area contributed by atoms with Gasteiger partial charge in [0.2, 0.25) is 5.91 Å². The van der Waals surface area contributed by atoms with E-state index in [4.69, 9.17) is 14.5 Å². The smallest absolute Gasteiger partial charge is 0.243 e. The lowest BCUT2D eigenvalue weighted by atomic mass is 9.96. The molecule has 1 saturated carbocycles. The molecule has 1 aliphatic rings. The number of nitrogens with zero attached hydrogens (tertiary/aromatic N) is 4. The topological polar surface area (TPSA) is 115 Å². The van der Waals surface area contributed by atoms with E-state index in [2.05, 4.69) is 32.3 Å². The number of nitrogens with one attached hydrogen (secondary N) is 2. The first kappa shape index (κ1) is 28.6. The molecule has 0 spiro atoms. The van der Waals surface area contributed by atoms with Crippen molar-refractivity contribution in [3.63, 3.8) is 0 Å². The van der Waals surface area contributed by atoms with Gasteiger partial charge in [-0.1, -0.05) is 6.58 Å². The summed E-state index contributed by atoms with van der Waals surface area (Å²) in [6.07, 6.45) is 4.98. The van der Waals surface area contributed by atoms with Crippen LogP contribution in [0.5, 0.6) is 5.75 Å². The summed E-state index contributed by atoms with van der Waals surface area (Å²) in [4.78, 5) is 17.0. The number of hydrogen-bond donors (Lipinski definition) is 2. The van der Waals surface area contributed by atoms with Crippen molar-refractivity contribution in [2.75, 3.05) is 20.3 Å². The van der Waals surface area contributed by atoms with Gasteiger partial charge in [0.05, 0.1) is 41.5 Å². The summed E-state index contributed by atoms with van der Waals surface area (Å²) in [5, 5.41) is 21.5. The molecular weight excluding hydrogens is 574 g/mol. The van der Waals surface area contributed by atoms with Gasteiger partial charge in [-0.3, -0.25) is 9.89 Å². The number of fused-ring (bicyclic) bond motifs is 1. The minimum absolute atomic E-state index is 0.0176. The normalized spacial score (nSPS) is 13.7. The molecule has 2 N–H and O–H groups in total. The number of methoxy groups -OCH3 is 1. The number of thiophene rings is 1. The third-order valence-corrected chi connectivity index (χ3v) is 8.15. The summed E-state index contributed by atoms with van der Waals surface area (Å²) in [6, 6.07) is 7.21. The van der Waals surface area contributed by atoms with Gasteiger partial charge in [0.25, 0.3) is 0 Å². The van der Waals surface area contributed by atoms with Crippen molar-refractivity contribution in [2.45, 2.75) is 31.7 Å². The molecule has 43 heavy (non-hydrogen) atoms. The number of ether oxygens (including phenoxy) is 2. The lowest BCUT2D eigenvalue weighted by Gasteiger charge is -2.17. The number of hydrogen-bond acceptors (Lipinski definition) is 8. The first-order valence-corrected chi connectivity index (χ1v) is 14.6. The Balaban J connectivity index is 1.59.